The summed E-state index contributed by atoms with van der Waals surface area (Å²) in [5.41, 5.74) is 6.37. The second-order valence-electron chi connectivity index (χ2n) is 3.37. The first-order chi connectivity index (χ1) is 8.16. The Morgan fingerprint density at radius 1 is 1.29 bits per heavy atom. The fourth-order valence-corrected chi connectivity index (χ4v) is 2.41. The van der Waals surface area contributed by atoms with E-state index in [2.05, 4.69) is 19.3 Å². The predicted octanol–water partition coefficient (Wildman–Crippen LogP) is 1.85. The van der Waals surface area contributed by atoms with Crippen LogP contribution in [0.25, 0.3) is 0 Å². The van der Waals surface area contributed by atoms with E-state index in [4.69, 9.17) is 10.5 Å². The van der Waals surface area contributed by atoms with E-state index in [-0.39, 0.29) is 6.10 Å². The normalized spacial score (nSPS) is 10.8. The van der Waals surface area contributed by atoms with Crippen LogP contribution in [-0.4, -0.2) is 25.4 Å². The Labute approximate surface area is 107 Å². The molecular formula is C9H11N5OS2. The van der Waals surface area contributed by atoms with E-state index >= 15 is 0 Å². The molecule has 0 atom stereocenters. The zero-order valence-electron chi connectivity index (χ0n) is 9.32. The van der Waals surface area contributed by atoms with E-state index in [1.54, 1.807) is 0 Å². The highest BCUT2D eigenvalue weighted by Gasteiger charge is 2.13. The van der Waals surface area contributed by atoms with Gasteiger partial charge in [-0.3, -0.25) is 0 Å². The zero-order chi connectivity index (χ0) is 12.3. The smallest absolute Gasteiger partial charge is 0.241 e. The van der Waals surface area contributed by atoms with E-state index in [0.717, 1.165) is 4.34 Å². The van der Waals surface area contributed by atoms with Gasteiger partial charge in [0, 0.05) is 0 Å². The highest BCUT2D eigenvalue weighted by molar-refractivity contribution is 8.01. The summed E-state index contributed by atoms with van der Waals surface area (Å²) in [4.78, 5) is 12.2. The molecule has 0 radical (unpaired) electrons. The molecule has 0 aliphatic carbocycles. The Bertz CT molecular complexity index is 488. The van der Waals surface area contributed by atoms with Crippen LogP contribution in [0.5, 0.6) is 5.88 Å². The lowest BCUT2D eigenvalue weighted by Gasteiger charge is -2.11. The number of aromatic nitrogens is 4. The summed E-state index contributed by atoms with van der Waals surface area (Å²) in [5, 5.41) is 0.632. The van der Waals surface area contributed by atoms with E-state index < -0.39 is 0 Å². The fraction of sp³-hybridized carbons (Fsp3) is 0.333. The minimum absolute atomic E-state index is 0.0200. The number of ether oxygens (including phenoxy) is 1. The van der Waals surface area contributed by atoms with Crippen LogP contribution >= 0.6 is 23.3 Å². The molecule has 8 heteroatoms. The molecule has 6 nitrogen and oxygen atoms in total. The summed E-state index contributed by atoms with van der Waals surface area (Å²) in [7, 11) is 0. The quantitative estimate of drug-likeness (QED) is 0.847. The summed E-state index contributed by atoms with van der Waals surface area (Å²) in [6.07, 6.45) is 2.94. The van der Waals surface area contributed by atoms with Gasteiger partial charge >= 0.3 is 0 Å². The molecule has 0 bridgehead atoms. The molecule has 0 aliphatic heterocycles. The third-order valence-corrected chi connectivity index (χ3v) is 3.42. The summed E-state index contributed by atoms with van der Waals surface area (Å²) < 4.78 is 10.2. The number of hydrogen-bond donors (Lipinski definition) is 1. The van der Waals surface area contributed by atoms with Gasteiger partial charge in [0.05, 0.1) is 6.10 Å². The highest BCUT2D eigenvalue weighted by atomic mass is 32.2. The third kappa shape index (κ3) is 3.04. The van der Waals surface area contributed by atoms with Crippen molar-refractivity contribution in [1.82, 2.24) is 19.3 Å². The molecule has 0 saturated carbocycles. The first-order valence-electron chi connectivity index (χ1n) is 4.88. The zero-order valence-corrected chi connectivity index (χ0v) is 11.0. The lowest BCUT2D eigenvalue weighted by molar-refractivity contribution is 0.233. The van der Waals surface area contributed by atoms with Gasteiger partial charge in [-0.15, -0.1) is 0 Å². The average molecular weight is 269 g/mol. The Balaban J connectivity index is 2.23. The van der Waals surface area contributed by atoms with Gasteiger partial charge in [0.25, 0.3) is 0 Å². The number of nitrogens with two attached hydrogens (primary N) is 1. The molecule has 0 amide bonds. The van der Waals surface area contributed by atoms with E-state index in [1.807, 2.05) is 13.8 Å². The second-order valence-corrected chi connectivity index (χ2v) is 5.39. The van der Waals surface area contributed by atoms with Crippen LogP contribution in [0.4, 0.5) is 5.69 Å². The van der Waals surface area contributed by atoms with Gasteiger partial charge in [0.1, 0.15) is 23.4 Å². The summed E-state index contributed by atoms with van der Waals surface area (Å²) in [5.74, 6) is 0.405. The first kappa shape index (κ1) is 12.1. The SMILES string of the molecule is CC(C)Oc1ncnc(Sc2ncns2)c1N. The molecule has 0 fully saturated rings. The molecule has 2 aromatic heterocycles. The average Bonchev–Trinajstić information content (AvgIpc) is 2.76. The maximum Gasteiger partial charge on any atom is 0.241 e. The van der Waals surface area contributed by atoms with Crippen LogP contribution < -0.4 is 10.5 Å². The van der Waals surface area contributed by atoms with Crippen molar-refractivity contribution in [2.24, 2.45) is 0 Å². The molecule has 90 valence electrons. The van der Waals surface area contributed by atoms with Crippen molar-refractivity contribution in [3.63, 3.8) is 0 Å². The van der Waals surface area contributed by atoms with Crippen molar-refractivity contribution in [3.8, 4) is 5.88 Å². The molecule has 0 aromatic carbocycles. The van der Waals surface area contributed by atoms with Crippen LogP contribution in [0.2, 0.25) is 0 Å². The summed E-state index contributed by atoms with van der Waals surface area (Å²) in [6.45, 7) is 3.83. The van der Waals surface area contributed by atoms with Gasteiger partial charge in [-0.2, -0.15) is 9.36 Å². The summed E-state index contributed by atoms with van der Waals surface area (Å²) >= 11 is 2.64. The lowest BCUT2D eigenvalue weighted by Crippen LogP contribution is -2.09. The molecule has 2 heterocycles. The molecule has 2 N–H and O–H groups in total. The van der Waals surface area contributed by atoms with Crippen LogP contribution in [0.3, 0.4) is 0 Å². The minimum Gasteiger partial charge on any atom is -0.473 e. The van der Waals surface area contributed by atoms with Gasteiger partial charge in [0.15, 0.2) is 4.34 Å². The van der Waals surface area contributed by atoms with Crippen molar-refractivity contribution in [1.29, 1.82) is 0 Å². The second kappa shape index (κ2) is 5.28. The Morgan fingerprint density at radius 2 is 2.12 bits per heavy atom. The van der Waals surface area contributed by atoms with Crippen molar-refractivity contribution in [2.45, 2.75) is 29.3 Å². The molecule has 2 rings (SSSR count). The monoisotopic (exact) mass is 269 g/mol. The number of hydrogen-bond acceptors (Lipinski definition) is 8. The Morgan fingerprint density at radius 3 is 2.76 bits per heavy atom. The maximum atomic E-state index is 5.93. The van der Waals surface area contributed by atoms with Gasteiger partial charge < -0.3 is 10.5 Å². The number of rotatable bonds is 4. The molecular weight excluding hydrogens is 258 g/mol. The van der Waals surface area contributed by atoms with Crippen molar-refractivity contribution >= 4 is 29.0 Å². The number of anilines is 1. The van der Waals surface area contributed by atoms with Gasteiger partial charge in [0.2, 0.25) is 5.88 Å². The maximum absolute atomic E-state index is 5.93. The molecule has 0 aliphatic rings. The molecule has 0 saturated heterocycles. The predicted molar refractivity (Wildman–Crippen MR) is 66.2 cm³/mol. The van der Waals surface area contributed by atoms with Crippen LogP contribution in [0.15, 0.2) is 22.0 Å². The van der Waals surface area contributed by atoms with Crippen LogP contribution in [-0.2, 0) is 0 Å². The standard InChI is InChI=1S/C9H11N5OS2/c1-5(2)15-7-6(10)8(12-3-11-7)16-9-13-4-14-17-9/h3-5H,10H2,1-2H3. The largest absolute Gasteiger partial charge is 0.473 e. The molecule has 0 unspecified atom stereocenters. The lowest BCUT2D eigenvalue weighted by atomic mass is 10.4. The van der Waals surface area contributed by atoms with E-state index in [9.17, 15) is 0 Å². The van der Waals surface area contributed by atoms with Gasteiger partial charge in [-0.05, 0) is 37.1 Å². The van der Waals surface area contributed by atoms with Gasteiger partial charge in [-0.1, -0.05) is 0 Å². The minimum atomic E-state index is 0.0200. The van der Waals surface area contributed by atoms with Crippen molar-refractivity contribution in [2.75, 3.05) is 5.73 Å². The van der Waals surface area contributed by atoms with E-state index in [1.165, 1.54) is 35.9 Å². The summed E-state index contributed by atoms with van der Waals surface area (Å²) in [6, 6.07) is 0. The molecule has 0 spiro atoms. The first-order valence-corrected chi connectivity index (χ1v) is 6.47. The number of nitrogen functional groups attached to an aromatic ring is 1. The van der Waals surface area contributed by atoms with E-state index in [0.29, 0.717) is 16.6 Å². The van der Waals surface area contributed by atoms with Crippen molar-refractivity contribution < 1.29 is 4.74 Å². The highest BCUT2D eigenvalue weighted by Crippen LogP contribution is 2.34. The topological polar surface area (TPSA) is 86.8 Å². The number of nitrogens with zero attached hydrogens (tertiary/aromatic N) is 4. The molecule has 17 heavy (non-hydrogen) atoms. The molecule has 2 aromatic rings. The third-order valence-electron chi connectivity index (χ3n) is 1.68. The van der Waals surface area contributed by atoms with Crippen LogP contribution in [0, 0.1) is 0 Å². The van der Waals surface area contributed by atoms with Gasteiger partial charge in [-0.25, -0.2) is 9.97 Å². The van der Waals surface area contributed by atoms with Crippen LogP contribution in [0.1, 0.15) is 13.8 Å². The van der Waals surface area contributed by atoms with Crippen molar-refractivity contribution in [3.05, 3.63) is 12.7 Å². The fourth-order valence-electron chi connectivity index (χ4n) is 1.05. The Kier molecular flexibility index (Phi) is 3.75. The Hall–Kier alpha value is -1.41.